The standard InChI is InChI=1S/C19H15NO4S/c1-23-16-5-7-17(8-6-16)25(21,22)20-11-9-14-3-2-4-18(19(14)20)15-10-12-24-13-15/h2-13H,1H3. The summed E-state index contributed by atoms with van der Waals surface area (Å²) in [4.78, 5) is 0.202. The second-order valence-electron chi connectivity index (χ2n) is 5.55. The molecule has 0 radical (unpaired) electrons. The van der Waals surface area contributed by atoms with E-state index in [0.29, 0.717) is 11.3 Å². The van der Waals surface area contributed by atoms with Gasteiger partial charge in [0, 0.05) is 22.7 Å². The Bertz CT molecular complexity index is 1120. The molecule has 0 fully saturated rings. The maximum atomic E-state index is 13.1. The van der Waals surface area contributed by atoms with Crippen molar-refractivity contribution in [1.29, 1.82) is 0 Å². The van der Waals surface area contributed by atoms with Crippen LogP contribution in [-0.4, -0.2) is 19.5 Å². The fourth-order valence-corrected chi connectivity index (χ4v) is 4.25. The number of hydrogen-bond acceptors (Lipinski definition) is 4. The van der Waals surface area contributed by atoms with Crippen LogP contribution in [0.2, 0.25) is 0 Å². The van der Waals surface area contributed by atoms with Gasteiger partial charge in [0.1, 0.15) is 5.75 Å². The molecule has 0 N–H and O–H groups in total. The molecule has 0 bridgehead atoms. The third-order valence-electron chi connectivity index (χ3n) is 4.13. The molecule has 0 spiro atoms. The molecule has 0 saturated carbocycles. The Labute approximate surface area is 145 Å². The molecular weight excluding hydrogens is 338 g/mol. The molecule has 4 aromatic rings. The Hall–Kier alpha value is -2.99. The van der Waals surface area contributed by atoms with E-state index >= 15 is 0 Å². The smallest absolute Gasteiger partial charge is 0.268 e. The quantitative estimate of drug-likeness (QED) is 0.553. The maximum Gasteiger partial charge on any atom is 0.268 e. The number of aromatic nitrogens is 1. The summed E-state index contributed by atoms with van der Waals surface area (Å²) in [7, 11) is -2.19. The minimum atomic E-state index is -3.73. The van der Waals surface area contributed by atoms with E-state index in [9.17, 15) is 8.42 Å². The summed E-state index contributed by atoms with van der Waals surface area (Å²) < 4.78 is 37.8. The highest BCUT2D eigenvalue weighted by Crippen LogP contribution is 2.32. The molecule has 126 valence electrons. The first-order chi connectivity index (χ1) is 12.1. The molecule has 2 aromatic heterocycles. The molecule has 25 heavy (non-hydrogen) atoms. The van der Waals surface area contributed by atoms with Gasteiger partial charge in [-0.25, -0.2) is 12.4 Å². The van der Waals surface area contributed by atoms with Crippen LogP contribution in [0.15, 0.2) is 82.6 Å². The van der Waals surface area contributed by atoms with Crippen LogP contribution in [0.5, 0.6) is 5.75 Å². The molecule has 2 aromatic carbocycles. The number of hydrogen-bond donors (Lipinski definition) is 0. The topological polar surface area (TPSA) is 61.4 Å². The highest BCUT2D eigenvalue weighted by molar-refractivity contribution is 7.90. The van der Waals surface area contributed by atoms with Gasteiger partial charge >= 0.3 is 0 Å². The Balaban J connectivity index is 1.94. The third kappa shape index (κ3) is 2.51. The maximum absolute atomic E-state index is 13.1. The summed E-state index contributed by atoms with van der Waals surface area (Å²) in [6.07, 6.45) is 4.75. The highest BCUT2D eigenvalue weighted by Gasteiger charge is 2.21. The van der Waals surface area contributed by atoms with Gasteiger partial charge in [-0.1, -0.05) is 18.2 Å². The Morgan fingerprint density at radius 2 is 1.80 bits per heavy atom. The fourth-order valence-electron chi connectivity index (χ4n) is 2.88. The van der Waals surface area contributed by atoms with E-state index in [1.165, 1.54) is 3.97 Å². The summed E-state index contributed by atoms with van der Waals surface area (Å²) in [5.41, 5.74) is 2.25. The van der Waals surface area contributed by atoms with E-state index in [2.05, 4.69) is 0 Å². The second-order valence-corrected chi connectivity index (χ2v) is 7.36. The highest BCUT2D eigenvalue weighted by atomic mass is 32.2. The predicted octanol–water partition coefficient (Wildman–Crippen LogP) is 4.15. The van der Waals surface area contributed by atoms with Gasteiger partial charge in [0.05, 0.1) is 30.0 Å². The van der Waals surface area contributed by atoms with Crippen molar-refractivity contribution in [3.8, 4) is 16.9 Å². The molecular formula is C19H15NO4S. The lowest BCUT2D eigenvalue weighted by Crippen LogP contribution is -2.12. The van der Waals surface area contributed by atoms with E-state index < -0.39 is 10.0 Å². The van der Waals surface area contributed by atoms with Gasteiger partial charge < -0.3 is 9.15 Å². The van der Waals surface area contributed by atoms with Gasteiger partial charge in [0.2, 0.25) is 0 Å². The van der Waals surface area contributed by atoms with Crippen molar-refractivity contribution in [2.24, 2.45) is 0 Å². The molecule has 0 aliphatic rings. The van der Waals surface area contributed by atoms with Crippen LogP contribution < -0.4 is 4.74 Å². The third-order valence-corrected chi connectivity index (χ3v) is 5.82. The van der Waals surface area contributed by atoms with Crippen molar-refractivity contribution in [2.75, 3.05) is 7.11 Å². The molecule has 0 aliphatic carbocycles. The summed E-state index contributed by atoms with van der Waals surface area (Å²) in [5.74, 6) is 0.607. The summed E-state index contributed by atoms with van der Waals surface area (Å²) >= 11 is 0. The lowest BCUT2D eigenvalue weighted by atomic mass is 10.1. The van der Waals surface area contributed by atoms with Crippen molar-refractivity contribution in [3.05, 3.63) is 73.3 Å². The zero-order valence-electron chi connectivity index (χ0n) is 13.4. The second kappa shape index (κ2) is 5.82. The average molecular weight is 353 g/mol. The van der Waals surface area contributed by atoms with Crippen LogP contribution in [0.1, 0.15) is 0 Å². The van der Waals surface area contributed by atoms with Crippen molar-refractivity contribution in [2.45, 2.75) is 4.90 Å². The number of rotatable bonds is 4. The molecule has 0 aliphatic heterocycles. The molecule has 2 heterocycles. The Morgan fingerprint density at radius 1 is 1.00 bits per heavy atom. The van der Waals surface area contributed by atoms with Gasteiger partial charge in [-0.3, -0.25) is 0 Å². The molecule has 5 nitrogen and oxygen atoms in total. The molecule has 0 atom stereocenters. The number of furan rings is 1. The zero-order chi connectivity index (χ0) is 17.4. The van der Waals surface area contributed by atoms with Crippen molar-refractivity contribution in [1.82, 2.24) is 3.97 Å². The van der Waals surface area contributed by atoms with Crippen molar-refractivity contribution < 1.29 is 17.6 Å². The van der Waals surface area contributed by atoms with Crippen LogP contribution in [-0.2, 0) is 10.0 Å². The first kappa shape index (κ1) is 15.5. The van der Waals surface area contributed by atoms with E-state index in [-0.39, 0.29) is 4.90 Å². The van der Waals surface area contributed by atoms with Gasteiger partial charge in [-0.15, -0.1) is 0 Å². The van der Waals surface area contributed by atoms with Crippen LogP contribution in [0.4, 0.5) is 0 Å². The van der Waals surface area contributed by atoms with Gasteiger partial charge in [0.25, 0.3) is 10.0 Å². The fraction of sp³-hybridized carbons (Fsp3) is 0.0526. The number of para-hydroxylation sites is 1. The van der Waals surface area contributed by atoms with Gasteiger partial charge in [-0.2, -0.15) is 0 Å². The SMILES string of the molecule is COc1ccc(S(=O)(=O)n2ccc3cccc(-c4ccoc4)c32)cc1. The average Bonchev–Trinajstić information content (AvgIpc) is 3.31. The number of benzene rings is 2. The normalized spacial score (nSPS) is 11.7. The molecule has 0 saturated heterocycles. The summed E-state index contributed by atoms with van der Waals surface area (Å²) in [5, 5.41) is 0.843. The minimum absolute atomic E-state index is 0.202. The number of nitrogens with zero attached hydrogens (tertiary/aromatic N) is 1. The molecule has 0 amide bonds. The van der Waals surface area contributed by atoms with Crippen LogP contribution in [0.25, 0.3) is 22.0 Å². The van der Waals surface area contributed by atoms with E-state index in [1.807, 2.05) is 24.3 Å². The Morgan fingerprint density at radius 3 is 2.48 bits per heavy atom. The first-order valence-electron chi connectivity index (χ1n) is 7.63. The van der Waals surface area contributed by atoms with Crippen molar-refractivity contribution >= 4 is 20.9 Å². The first-order valence-corrected chi connectivity index (χ1v) is 9.07. The number of fused-ring (bicyclic) bond motifs is 1. The van der Waals surface area contributed by atoms with E-state index in [0.717, 1.165) is 16.5 Å². The number of ether oxygens (including phenoxy) is 1. The number of methoxy groups -OCH3 is 1. The summed E-state index contributed by atoms with van der Waals surface area (Å²) in [6.45, 7) is 0. The van der Waals surface area contributed by atoms with Gasteiger partial charge in [-0.05, 0) is 36.4 Å². The summed E-state index contributed by atoms with van der Waals surface area (Å²) in [6, 6.07) is 15.6. The van der Waals surface area contributed by atoms with Crippen molar-refractivity contribution in [3.63, 3.8) is 0 Å². The minimum Gasteiger partial charge on any atom is -0.497 e. The zero-order valence-corrected chi connectivity index (χ0v) is 14.2. The van der Waals surface area contributed by atoms with Crippen LogP contribution in [0, 0.1) is 0 Å². The molecule has 0 unspecified atom stereocenters. The molecule has 4 rings (SSSR count). The van der Waals surface area contributed by atoms with E-state index in [1.54, 1.807) is 56.2 Å². The largest absolute Gasteiger partial charge is 0.497 e. The molecule has 6 heteroatoms. The lowest BCUT2D eigenvalue weighted by molar-refractivity contribution is 0.414. The van der Waals surface area contributed by atoms with Crippen LogP contribution in [0.3, 0.4) is 0 Å². The predicted molar refractivity (Wildman–Crippen MR) is 95.2 cm³/mol. The van der Waals surface area contributed by atoms with Crippen LogP contribution >= 0.6 is 0 Å². The monoisotopic (exact) mass is 353 g/mol. The lowest BCUT2D eigenvalue weighted by Gasteiger charge is -2.11. The van der Waals surface area contributed by atoms with E-state index in [4.69, 9.17) is 9.15 Å². The Kier molecular flexibility index (Phi) is 3.62. The van der Waals surface area contributed by atoms with Gasteiger partial charge in [0.15, 0.2) is 0 Å².